The van der Waals surface area contributed by atoms with Crippen molar-refractivity contribution in [2.45, 2.75) is 48.4 Å². The van der Waals surface area contributed by atoms with Gasteiger partial charge in [0.05, 0.1) is 5.56 Å². The normalized spacial score (nSPS) is 15.6. The van der Waals surface area contributed by atoms with Gasteiger partial charge in [0.2, 0.25) is 0 Å². The van der Waals surface area contributed by atoms with E-state index >= 15 is 0 Å². The Morgan fingerprint density at radius 2 is 1.76 bits per heavy atom. The van der Waals surface area contributed by atoms with E-state index in [1.807, 2.05) is 6.07 Å². The molecule has 0 amide bonds. The molecular weight excluding hydrogens is 276 g/mol. The zero-order valence-corrected chi connectivity index (χ0v) is 12.7. The number of benzene rings is 1. The minimum atomic E-state index is 0.723. The molecule has 1 aromatic carbocycles. The van der Waals surface area contributed by atoms with Crippen LogP contribution in [0.15, 0.2) is 34.2 Å². The Bertz CT molecular complexity index is 759. The van der Waals surface area contributed by atoms with Crippen LogP contribution in [0.4, 0.5) is 0 Å². The molecule has 0 fully saturated rings. The van der Waals surface area contributed by atoms with E-state index in [1.54, 1.807) is 11.8 Å². The predicted molar refractivity (Wildman–Crippen MR) is 83.6 cm³/mol. The summed E-state index contributed by atoms with van der Waals surface area (Å²) < 4.78 is 0. The molecule has 1 aromatic heterocycles. The van der Waals surface area contributed by atoms with Crippen molar-refractivity contribution in [2.24, 2.45) is 0 Å². The molecule has 0 aliphatic heterocycles. The summed E-state index contributed by atoms with van der Waals surface area (Å²) in [5, 5.41) is 10.3. The molecule has 2 aliphatic carbocycles. The van der Waals surface area contributed by atoms with E-state index in [0.29, 0.717) is 0 Å². The average Bonchev–Trinajstić information content (AvgIpc) is 3.13. The van der Waals surface area contributed by atoms with Crippen molar-refractivity contribution in [1.29, 1.82) is 5.26 Å². The standard InChI is InChI=1S/C18H16N2S/c19-11-15-9-14-5-2-6-17(14)20-18(15)21-16-8-7-12-3-1-4-13(12)10-16/h7-10H,1-6H2. The van der Waals surface area contributed by atoms with Crippen molar-refractivity contribution in [2.75, 3.05) is 0 Å². The van der Waals surface area contributed by atoms with Gasteiger partial charge in [-0.25, -0.2) is 4.98 Å². The lowest BCUT2D eigenvalue weighted by molar-refractivity contribution is 0.891. The maximum Gasteiger partial charge on any atom is 0.119 e. The van der Waals surface area contributed by atoms with Crippen molar-refractivity contribution in [3.05, 3.63) is 52.2 Å². The number of nitriles is 1. The van der Waals surface area contributed by atoms with Crippen molar-refractivity contribution >= 4 is 11.8 Å². The lowest BCUT2D eigenvalue weighted by Crippen LogP contribution is -1.95. The zero-order valence-electron chi connectivity index (χ0n) is 11.9. The van der Waals surface area contributed by atoms with Gasteiger partial charge >= 0.3 is 0 Å². The molecule has 4 rings (SSSR count). The van der Waals surface area contributed by atoms with Crippen LogP contribution >= 0.6 is 11.8 Å². The first-order chi connectivity index (χ1) is 10.3. The van der Waals surface area contributed by atoms with Gasteiger partial charge in [-0.1, -0.05) is 17.8 Å². The molecule has 2 aliphatic rings. The van der Waals surface area contributed by atoms with Gasteiger partial charge in [-0.3, -0.25) is 0 Å². The second-order valence-electron chi connectivity index (χ2n) is 5.80. The second-order valence-corrected chi connectivity index (χ2v) is 6.86. The second kappa shape index (κ2) is 5.20. The van der Waals surface area contributed by atoms with Crippen LogP contribution < -0.4 is 0 Å². The van der Waals surface area contributed by atoms with Crippen LogP contribution in [-0.4, -0.2) is 4.98 Å². The topological polar surface area (TPSA) is 36.7 Å². The minimum absolute atomic E-state index is 0.723. The van der Waals surface area contributed by atoms with Crippen LogP contribution in [0.2, 0.25) is 0 Å². The van der Waals surface area contributed by atoms with Gasteiger partial charge in [-0.2, -0.15) is 5.26 Å². The quantitative estimate of drug-likeness (QED) is 0.836. The van der Waals surface area contributed by atoms with Crippen LogP contribution in [0.3, 0.4) is 0 Å². The number of nitrogens with zero attached hydrogens (tertiary/aromatic N) is 2. The molecule has 0 N–H and O–H groups in total. The molecule has 0 unspecified atom stereocenters. The molecule has 0 saturated heterocycles. The van der Waals surface area contributed by atoms with Crippen molar-refractivity contribution in [1.82, 2.24) is 4.98 Å². The Hall–Kier alpha value is -1.79. The third-order valence-electron chi connectivity index (χ3n) is 4.42. The summed E-state index contributed by atoms with van der Waals surface area (Å²) in [5.41, 5.74) is 6.14. The van der Waals surface area contributed by atoms with Gasteiger partial charge in [-0.05, 0) is 73.4 Å². The molecule has 1 heterocycles. The van der Waals surface area contributed by atoms with Crippen LogP contribution in [0.25, 0.3) is 0 Å². The lowest BCUT2D eigenvalue weighted by Gasteiger charge is -2.08. The van der Waals surface area contributed by atoms with Crippen LogP contribution in [0.1, 0.15) is 40.8 Å². The highest BCUT2D eigenvalue weighted by atomic mass is 32.2. The van der Waals surface area contributed by atoms with Crippen LogP contribution in [0.5, 0.6) is 0 Å². The van der Waals surface area contributed by atoms with Gasteiger partial charge in [0, 0.05) is 10.6 Å². The van der Waals surface area contributed by atoms with E-state index in [-0.39, 0.29) is 0 Å². The third-order valence-corrected chi connectivity index (χ3v) is 5.41. The summed E-state index contributed by atoms with van der Waals surface area (Å²) in [7, 11) is 0. The first-order valence-corrected chi connectivity index (χ1v) is 8.38. The summed E-state index contributed by atoms with van der Waals surface area (Å²) in [4.78, 5) is 5.96. The Balaban J connectivity index is 1.69. The summed E-state index contributed by atoms with van der Waals surface area (Å²) in [6, 6.07) is 11.1. The Morgan fingerprint density at radius 3 is 2.67 bits per heavy atom. The summed E-state index contributed by atoms with van der Waals surface area (Å²) in [6.07, 6.45) is 6.96. The smallest absolute Gasteiger partial charge is 0.119 e. The average molecular weight is 292 g/mol. The number of hydrogen-bond acceptors (Lipinski definition) is 3. The number of aromatic nitrogens is 1. The van der Waals surface area contributed by atoms with Crippen LogP contribution in [0, 0.1) is 11.3 Å². The van der Waals surface area contributed by atoms with E-state index in [0.717, 1.165) is 23.4 Å². The molecule has 2 nitrogen and oxygen atoms in total. The molecule has 3 heteroatoms. The molecular formula is C18H16N2S. The van der Waals surface area contributed by atoms with E-state index in [1.165, 1.54) is 53.0 Å². The number of fused-ring (bicyclic) bond motifs is 2. The molecule has 0 radical (unpaired) electrons. The number of rotatable bonds is 2. The zero-order chi connectivity index (χ0) is 14.2. The number of aryl methyl sites for hydroxylation is 4. The molecule has 104 valence electrons. The number of hydrogen-bond donors (Lipinski definition) is 0. The fourth-order valence-corrected chi connectivity index (χ4v) is 4.27. The third kappa shape index (κ3) is 2.34. The monoisotopic (exact) mass is 292 g/mol. The lowest BCUT2D eigenvalue weighted by atomic mass is 10.1. The van der Waals surface area contributed by atoms with Gasteiger partial charge < -0.3 is 0 Å². The van der Waals surface area contributed by atoms with Crippen molar-refractivity contribution in [3.8, 4) is 6.07 Å². The minimum Gasteiger partial charge on any atom is -0.244 e. The fourth-order valence-electron chi connectivity index (χ4n) is 3.33. The summed E-state index contributed by atoms with van der Waals surface area (Å²) >= 11 is 1.64. The Morgan fingerprint density at radius 1 is 0.952 bits per heavy atom. The highest BCUT2D eigenvalue weighted by molar-refractivity contribution is 7.99. The fraction of sp³-hybridized carbons (Fsp3) is 0.333. The Kier molecular flexibility index (Phi) is 3.20. The predicted octanol–water partition coefficient (Wildman–Crippen LogP) is 4.08. The summed E-state index contributed by atoms with van der Waals surface area (Å²) in [6.45, 7) is 0. The van der Waals surface area contributed by atoms with E-state index < -0.39 is 0 Å². The molecule has 0 atom stereocenters. The highest BCUT2D eigenvalue weighted by Crippen LogP contribution is 2.34. The van der Waals surface area contributed by atoms with Gasteiger partial charge in [0.25, 0.3) is 0 Å². The van der Waals surface area contributed by atoms with E-state index in [9.17, 15) is 5.26 Å². The van der Waals surface area contributed by atoms with E-state index in [4.69, 9.17) is 4.98 Å². The van der Waals surface area contributed by atoms with Crippen molar-refractivity contribution < 1.29 is 0 Å². The SMILES string of the molecule is N#Cc1cc2c(nc1Sc1ccc3c(c1)CCC3)CCC2. The van der Waals surface area contributed by atoms with Gasteiger partial charge in [0.15, 0.2) is 0 Å². The molecule has 2 aromatic rings. The van der Waals surface area contributed by atoms with E-state index in [2.05, 4.69) is 24.3 Å². The maximum atomic E-state index is 9.38. The molecule has 0 spiro atoms. The maximum absolute atomic E-state index is 9.38. The largest absolute Gasteiger partial charge is 0.244 e. The van der Waals surface area contributed by atoms with Crippen molar-refractivity contribution in [3.63, 3.8) is 0 Å². The van der Waals surface area contributed by atoms with Gasteiger partial charge in [0.1, 0.15) is 11.1 Å². The molecule has 0 saturated carbocycles. The summed E-state index contributed by atoms with van der Waals surface area (Å²) in [5.74, 6) is 0. The van der Waals surface area contributed by atoms with Crippen LogP contribution in [-0.2, 0) is 25.7 Å². The first kappa shape index (κ1) is 12.9. The molecule has 0 bridgehead atoms. The number of pyridine rings is 1. The first-order valence-electron chi connectivity index (χ1n) is 7.56. The van der Waals surface area contributed by atoms with Gasteiger partial charge in [-0.15, -0.1) is 0 Å². The Labute approximate surface area is 129 Å². The highest BCUT2D eigenvalue weighted by Gasteiger charge is 2.18. The molecule has 21 heavy (non-hydrogen) atoms.